The van der Waals surface area contributed by atoms with Crippen molar-refractivity contribution in [2.24, 2.45) is 0 Å². The summed E-state index contributed by atoms with van der Waals surface area (Å²) in [7, 11) is 0. The van der Waals surface area contributed by atoms with Crippen LogP contribution in [0.2, 0.25) is 5.02 Å². The lowest BCUT2D eigenvalue weighted by atomic mass is 10.0. The lowest BCUT2D eigenvalue weighted by Gasteiger charge is -2.06. The molecule has 4 heteroatoms. The standard InChI is InChI=1S/C12H7ClFNO/c13-9-1-2-10(8(5-9)7-16)11-3-4-15-6-12(11)14/h1-7H. The first kappa shape index (κ1) is 10.8. The predicted molar refractivity (Wildman–Crippen MR) is 60.0 cm³/mol. The lowest BCUT2D eigenvalue weighted by molar-refractivity contribution is 0.112. The zero-order chi connectivity index (χ0) is 11.5. The van der Waals surface area contributed by atoms with Crippen LogP contribution in [-0.4, -0.2) is 11.3 Å². The fourth-order valence-electron chi connectivity index (χ4n) is 1.47. The van der Waals surface area contributed by atoms with E-state index in [1.165, 1.54) is 18.3 Å². The average molecular weight is 236 g/mol. The van der Waals surface area contributed by atoms with Gasteiger partial charge in [-0.1, -0.05) is 17.7 Å². The normalized spacial score (nSPS) is 10.1. The molecule has 16 heavy (non-hydrogen) atoms. The Kier molecular flexibility index (Phi) is 2.97. The monoisotopic (exact) mass is 235 g/mol. The average Bonchev–Trinajstić information content (AvgIpc) is 2.30. The van der Waals surface area contributed by atoms with Crippen molar-refractivity contribution in [2.75, 3.05) is 0 Å². The van der Waals surface area contributed by atoms with E-state index >= 15 is 0 Å². The molecule has 1 aromatic heterocycles. The molecule has 0 radical (unpaired) electrons. The Morgan fingerprint density at radius 2 is 2.06 bits per heavy atom. The minimum absolute atomic E-state index is 0.341. The van der Waals surface area contributed by atoms with E-state index in [2.05, 4.69) is 4.98 Å². The first-order valence-electron chi connectivity index (χ1n) is 4.57. The predicted octanol–water partition coefficient (Wildman–Crippen LogP) is 3.35. The summed E-state index contributed by atoms with van der Waals surface area (Å²) in [5.74, 6) is -0.465. The second kappa shape index (κ2) is 4.41. The molecule has 0 saturated carbocycles. The van der Waals surface area contributed by atoms with Gasteiger partial charge in [-0.25, -0.2) is 4.39 Å². The van der Waals surface area contributed by atoms with Crippen molar-refractivity contribution < 1.29 is 9.18 Å². The number of carbonyl (C=O) groups excluding carboxylic acids is 1. The van der Waals surface area contributed by atoms with Crippen LogP contribution in [0.25, 0.3) is 11.1 Å². The number of pyridine rings is 1. The van der Waals surface area contributed by atoms with Crippen molar-refractivity contribution in [1.29, 1.82) is 0 Å². The van der Waals surface area contributed by atoms with Gasteiger partial charge in [0.15, 0.2) is 6.29 Å². The molecule has 0 aliphatic rings. The molecule has 2 rings (SSSR count). The molecule has 2 nitrogen and oxygen atoms in total. The number of halogens is 2. The Balaban J connectivity index is 2.65. The van der Waals surface area contributed by atoms with Crippen molar-refractivity contribution in [3.05, 3.63) is 53.1 Å². The summed E-state index contributed by atoms with van der Waals surface area (Å²) >= 11 is 5.76. The van der Waals surface area contributed by atoms with Gasteiger partial charge in [0.2, 0.25) is 0 Å². The molecule has 0 atom stereocenters. The van der Waals surface area contributed by atoms with Gasteiger partial charge in [0.05, 0.1) is 6.20 Å². The maximum atomic E-state index is 13.5. The third kappa shape index (κ3) is 1.95. The number of benzene rings is 1. The van der Waals surface area contributed by atoms with Crippen LogP contribution in [0, 0.1) is 5.82 Å². The molecule has 0 N–H and O–H groups in total. The molecular weight excluding hydrogens is 229 g/mol. The Hall–Kier alpha value is -1.74. The van der Waals surface area contributed by atoms with Gasteiger partial charge in [-0.15, -0.1) is 0 Å². The number of rotatable bonds is 2. The molecule has 1 aromatic carbocycles. The largest absolute Gasteiger partial charge is 0.298 e. The molecule has 0 unspecified atom stereocenters. The van der Waals surface area contributed by atoms with E-state index in [4.69, 9.17) is 11.6 Å². The van der Waals surface area contributed by atoms with Crippen LogP contribution in [0.5, 0.6) is 0 Å². The number of hydrogen-bond donors (Lipinski definition) is 0. The molecule has 0 fully saturated rings. The Morgan fingerprint density at radius 3 is 2.75 bits per heavy atom. The maximum Gasteiger partial charge on any atom is 0.150 e. The fraction of sp³-hybridized carbons (Fsp3) is 0. The van der Waals surface area contributed by atoms with E-state index in [0.29, 0.717) is 28.0 Å². The summed E-state index contributed by atoms with van der Waals surface area (Å²) in [5.41, 5.74) is 1.21. The van der Waals surface area contributed by atoms with Gasteiger partial charge in [-0.2, -0.15) is 0 Å². The first-order valence-corrected chi connectivity index (χ1v) is 4.95. The third-order valence-electron chi connectivity index (χ3n) is 2.20. The Labute approximate surface area is 96.7 Å². The second-order valence-electron chi connectivity index (χ2n) is 3.20. The topological polar surface area (TPSA) is 30.0 Å². The Morgan fingerprint density at radius 1 is 1.25 bits per heavy atom. The lowest BCUT2D eigenvalue weighted by Crippen LogP contribution is -1.91. The SMILES string of the molecule is O=Cc1cc(Cl)ccc1-c1ccncc1F. The molecule has 0 saturated heterocycles. The summed E-state index contributed by atoms with van der Waals surface area (Å²) in [5, 5.41) is 0.445. The quantitative estimate of drug-likeness (QED) is 0.747. The fourth-order valence-corrected chi connectivity index (χ4v) is 1.65. The van der Waals surface area contributed by atoms with Crippen molar-refractivity contribution in [1.82, 2.24) is 4.98 Å². The zero-order valence-electron chi connectivity index (χ0n) is 8.15. The summed E-state index contributed by atoms with van der Waals surface area (Å²) in [6, 6.07) is 6.25. The van der Waals surface area contributed by atoms with Crippen molar-refractivity contribution in [2.45, 2.75) is 0 Å². The van der Waals surface area contributed by atoms with Gasteiger partial charge in [0, 0.05) is 22.3 Å². The Bertz CT molecular complexity index is 542. The van der Waals surface area contributed by atoms with Crippen LogP contribution >= 0.6 is 11.6 Å². The van der Waals surface area contributed by atoms with Crippen molar-refractivity contribution >= 4 is 17.9 Å². The minimum atomic E-state index is -0.465. The third-order valence-corrected chi connectivity index (χ3v) is 2.44. The van der Waals surface area contributed by atoms with Crippen LogP contribution in [0.3, 0.4) is 0 Å². The minimum Gasteiger partial charge on any atom is -0.298 e. The summed E-state index contributed by atoms with van der Waals surface area (Å²) in [6.45, 7) is 0. The van der Waals surface area contributed by atoms with E-state index in [0.717, 1.165) is 6.20 Å². The van der Waals surface area contributed by atoms with Gasteiger partial charge in [-0.3, -0.25) is 9.78 Å². The van der Waals surface area contributed by atoms with Gasteiger partial charge >= 0.3 is 0 Å². The molecule has 0 aliphatic carbocycles. The molecule has 2 aromatic rings. The van der Waals surface area contributed by atoms with E-state index in [9.17, 15) is 9.18 Å². The highest BCUT2D eigenvalue weighted by Gasteiger charge is 2.09. The van der Waals surface area contributed by atoms with E-state index in [-0.39, 0.29) is 0 Å². The molecule has 0 spiro atoms. The maximum absolute atomic E-state index is 13.5. The van der Waals surface area contributed by atoms with E-state index < -0.39 is 5.82 Å². The van der Waals surface area contributed by atoms with Gasteiger partial charge in [0.1, 0.15) is 5.82 Å². The van der Waals surface area contributed by atoms with Gasteiger partial charge in [-0.05, 0) is 23.8 Å². The number of aromatic nitrogens is 1. The van der Waals surface area contributed by atoms with Crippen LogP contribution in [0.1, 0.15) is 10.4 Å². The molecular formula is C12H7ClFNO. The van der Waals surface area contributed by atoms with Crippen LogP contribution in [0.4, 0.5) is 4.39 Å². The number of nitrogens with zero attached hydrogens (tertiary/aromatic N) is 1. The number of aldehydes is 1. The van der Waals surface area contributed by atoms with Gasteiger partial charge in [0.25, 0.3) is 0 Å². The smallest absolute Gasteiger partial charge is 0.150 e. The number of hydrogen-bond acceptors (Lipinski definition) is 2. The van der Waals surface area contributed by atoms with Crippen molar-refractivity contribution in [3.8, 4) is 11.1 Å². The van der Waals surface area contributed by atoms with Crippen LogP contribution < -0.4 is 0 Å². The summed E-state index contributed by atoms with van der Waals surface area (Å²) < 4.78 is 13.5. The molecule has 0 amide bonds. The molecule has 0 bridgehead atoms. The van der Waals surface area contributed by atoms with E-state index in [1.807, 2.05) is 0 Å². The van der Waals surface area contributed by atoms with Crippen LogP contribution in [0.15, 0.2) is 36.7 Å². The van der Waals surface area contributed by atoms with Gasteiger partial charge < -0.3 is 0 Å². The first-order chi connectivity index (χ1) is 7.72. The highest BCUT2D eigenvalue weighted by molar-refractivity contribution is 6.31. The second-order valence-corrected chi connectivity index (χ2v) is 3.64. The molecule has 0 aliphatic heterocycles. The summed E-state index contributed by atoms with van der Waals surface area (Å²) in [6.07, 6.45) is 3.24. The zero-order valence-corrected chi connectivity index (χ0v) is 8.91. The molecule has 1 heterocycles. The van der Waals surface area contributed by atoms with E-state index in [1.54, 1.807) is 12.1 Å². The van der Waals surface area contributed by atoms with Crippen LogP contribution in [-0.2, 0) is 0 Å². The number of carbonyl (C=O) groups is 1. The highest BCUT2D eigenvalue weighted by Crippen LogP contribution is 2.26. The summed E-state index contributed by atoms with van der Waals surface area (Å²) in [4.78, 5) is 14.5. The van der Waals surface area contributed by atoms with Crippen molar-refractivity contribution in [3.63, 3.8) is 0 Å². The highest BCUT2D eigenvalue weighted by atomic mass is 35.5. The molecule has 80 valence electrons.